The zero-order valence-electron chi connectivity index (χ0n) is 17.4. The molecule has 0 rings (SSSR count). The van der Waals surface area contributed by atoms with Crippen LogP contribution < -0.4 is 0 Å². The molecule has 0 fully saturated rings. The topological polar surface area (TPSA) is 104 Å². The number of likely N-dealkylation sites (N-methyl/N-ethyl adjacent to an activating group) is 1. The molecule has 0 aromatic heterocycles. The Balaban J connectivity index is 4.03. The van der Waals surface area contributed by atoms with Crippen molar-refractivity contribution < 1.29 is 27.9 Å². The van der Waals surface area contributed by atoms with Gasteiger partial charge < -0.3 is 19.6 Å². The molecule has 10 heteroatoms. The van der Waals surface area contributed by atoms with E-state index in [1.807, 2.05) is 20.8 Å². The van der Waals surface area contributed by atoms with Crippen molar-refractivity contribution in [3.63, 3.8) is 0 Å². The molecule has 2 unspecified atom stereocenters. The van der Waals surface area contributed by atoms with Crippen LogP contribution in [0.25, 0.3) is 0 Å². The SMILES string of the molecule is CCN(CC)C(=O)S(=O)CCCOCCN(CC)C(=O)S(=O)CCCCCO. The van der Waals surface area contributed by atoms with Crippen LogP contribution in [0.1, 0.15) is 46.5 Å². The van der Waals surface area contributed by atoms with Crippen molar-refractivity contribution in [1.82, 2.24) is 9.80 Å². The van der Waals surface area contributed by atoms with Gasteiger partial charge in [0.05, 0.1) is 6.61 Å². The lowest BCUT2D eigenvalue weighted by Gasteiger charge is -2.20. The number of amides is 2. The second-order valence-corrected chi connectivity index (χ2v) is 9.03. The van der Waals surface area contributed by atoms with E-state index in [1.165, 1.54) is 4.90 Å². The number of aliphatic hydroxyl groups excluding tert-OH is 1. The highest BCUT2D eigenvalue weighted by Gasteiger charge is 2.19. The first kappa shape index (κ1) is 27.2. The number of unbranched alkanes of at least 4 members (excludes halogenated alkanes) is 2. The molecule has 0 radical (unpaired) electrons. The maximum absolute atomic E-state index is 12.2. The number of nitrogens with zero attached hydrogens (tertiary/aromatic N) is 2. The molecule has 1 N–H and O–H groups in total. The zero-order valence-corrected chi connectivity index (χ0v) is 19.0. The van der Waals surface area contributed by atoms with Gasteiger partial charge in [-0.25, -0.2) is 8.42 Å². The van der Waals surface area contributed by atoms with Crippen molar-refractivity contribution in [2.24, 2.45) is 0 Å². The molecule has 166 valence electrons. The molecular weight excluding hydrogens is 404 g/mol. The van der Waals surface area contributed by atoms with Crippen molar-refractivity contribution >= 4 is 32.1 Å². The summed E-state index contributed by atoms with van der Waals surface area (Å²) >= 11 is 0. The minimum atomic E-state index is -1.56. The smallest absolute Gasteiger partial charge is 0.311 e. The van der Waals surface area contributed by atoms with Crippen LogP contribution in [0.4, 0.5) is 9.59 Å². The van der Waals surface area contributed by atoms with Gasteiger partial charge in [0.15, 0.2) is 0 Å². The second-order valence-electron chi connectivity index (χ2n) is 6.13. The van der Waals surface area contributed by atoms with Gasteiger partial charge in [-0.15, -0.1) is 0 Å². The van der Waals surface area contributed by atoms with Crippen LogP contribution in [-0.2, 0) is 26.3 Å². The average molecular weight is 441 g/mol. The van der Waals surface area contributed by atoms with E-state index in [2.05, 4.69) is 0 Å². The number of carbonyl (C=O) groups is 2. The van der Waals surface area contributed by atoms with Crippen molar-refractivity contribution in [3.8, 4) is 0 Å². The fourth-order valence-electron chi connectivity index (χ4n) is 2.41. The van der Waals surface area contributed by atoms with Crippen LogP contribution in [0.5, 0.6) is 0 Å². The minimum absolute atomic E-state index is 0.107. The van der Waals surface area contributed by atoms with Crippen LogP contribution in [0.3, 0.4) is 0 Å². The van der Waals surface area contributed by atoms with E-state index in [4.69, 9.17) is 9.84 Å². The van der Waals surface area contributed by atoms with Crippen molar-refractivity contribution in [2.45, 2.75) is 46.5 Å². The number of hydrogen-bond acceptors (Lipinski definition) is 6. The van der Waals surface area contributed by atoms with E-state index in [9.17, 15) is 18.0 Å². The van der Waals surface area contributed by atoms with Gasteiger partial charge in [0.25, 0.3) is 0 Å². The molecule has 2 atom stereocenters. The van der Waals surface area contributed by atoms with E-state index >= 15 is 0 Å². The Morgan fingerprint density at radius 2 is 1.32 bits per heavy atom. The third kappa shape index (κ3) is 11.2. The summed E-state index contributed by atoms with van der Waals surface area (Å²) < 4.78 is 29.4. The summed E-state index contributed by atoms with van der Waals surface area (Å²) in [5.41, 5.74) is 0. The van der Waals surface area contributed by atoms with Gasteiger partial charge in [-0.05, 0) is 40.0 Å². The molecule has 0 spiro atoms. The van der Waals surface area contributed by atoms with Crippen molar-refractivity contribution in [3.05, 3.63) is 0 Å². The van der Waals surface area contributed by atoms with E-state index < -0.39 is 21.6 Å². The third-order valence-electron chi connectivity index (χ3n) is 4.16. The second kappa shape index (κ2) is 17.1. The molecule has 28 heavy (non-hydrogen) atoms. The molecular formula is C18H36N2O6S2. The summed E-state index contributed by atoms with van der Waals surface area (Å²) in [4.78, 5) is 27.1. The minimum Gasteiger partial charge on any atom is -0.396 e. The van der Waals surface area contributed by atoms with Crippen LogP contribution in [-0.4, -0.2) is 91.3 Å². The lowest BCUT2D eigenvalue weighted by molar-refractivity contribution is 0.116. The lowest BCUT2D eigenvalue weighted by Crippen LogP contribution is -2.36. The molecule has 0 aromatic rings. The molecule has 0 aromatic carbocycles. The highest BCUT2D eigenvalue weighted by Crippen LogP contribution is 2.03. The quantitative estimate of drug-likeness (QED) is 0.390. The summed E-state index contributed by atoms with van der Waals surface area (Å²) in [6.45, 7) is 8.17. The standard InChI is InChI=1S/C18H36N2O6S2/c1-4-19(5-2)17(22)28(25)16-10-13-26-14-11-20(6-3)18(23)27(24)15-9-7-8-12-21/h21H,4-16H2,1-3H3. The first-order valence-corrected chi connectivity index (χ1v) is 12.6. The van der Waals surface area contributed by atoms with Gasteiger partial charge >= 0.3 is 10.5 Å². The lowest BCUT2D eigenvalue weighted by atomic mass is 10.3. The molecule has 0 aliphatic rings. The fourth-order valence-corrected chi connectivity index (χ4v) is 4.66. The van der Waals surface area contributed by atoms with Crippen LogP contribution in [0.15, 0.2) is 0 Å². The Morgan fingerprint density at radius 1 is 0.786 bits per heavy atom. The Hall–Kier alpha value is -0.840. The molecule has 0 aliphatic carbocycles. The van der Waals surface area contributed by atoms with Gasteiger partial charge in [0, 0.05) is 50.9 Å². The summed E-state index contributed by atoms with van der Waals surface area (Å²) in [5.74, 6) is 0.562. The maximum atomic E-state index is 12.2. The molecule has 0 aliphatic heterocycles. The van der Waals surface area contributed by atoms with E-state index in [-0.39, 0.29) is 22.8 Å². The Kier molecular flexibility index (Phi) is 16.5. The van der Waals surface area contributed by atoms with Gasteiger partial charge in [-0.1, -0.05) is 6.42 Å². The Bertz CT molecular complexity index is 500. The fraction of sp³-hybridized carbons (Fsp3) is 0.889. The number of aliphatic hydroxyl groups is 1. The van der Waals surface area contributed by atoms with E-state index in [1.54, 1.807) is 4.90 Å². The molecule has 0 bridgehead atoms. The summed E-state index contributed by atoms with van der Waals surface area (Å²) in [6, 6.07) is 0. The number of rotatable bonds is 15. The Morgan fingerprint density at radius 3 is 1.86 bits per heavy atom. The summed E-state index contributed by atoms with van der Waals surface area (Å²) in [5, 5.41) is 8.00. The largest absolute Gasteiger partial charge is 0.396 e. The molecule has 8 nitrogen and oxygen atoms in total. The van der Waals surface area contributed by atoms with Crippen molar-refractivity contribution in [2.75, 3.05) is 57.5 Å². The van der Waals surface area contributed by atoms with Gasteiger partial charge in [0.2, 0.25) is 0 Å². The predicted molar refractivity (Wildman–Crippen MR) is 113 cm³/mol. The first-order chi connectivity index (χ1) is 13.4. The zero-order chi connectivity index (χ0) is 21.4. The van der Waals surface area contributed by atoms with E-state index in [0.717, 1.165) is 6.42 Å². The number of carbonyl (C=O) groups excluding carboxylic acids is 2. The Labute approximate surface area is 173 Å². The number of hydrogen-bond donors (Lipinski definition) is 1. The highest BCUT2D eigenvalue weighted by molar-refractivity contribution is 8.00. The van der Waals surface area contributed by atoms with Crippen LogP contribution in [0.2, 0.25) is 0 Å². The van der Waals surface area contributed by atoms with Gasteiger partial charge in [0.1, 0.15) is 21.6 Å². The highest BCUT2D eigenvalue weighted by atomic mass is 32.2. The summed E-state index contributed by atoms with van der Waals surface area (Å²) in [6.07, 6.45) is 2.55. The predicted octanol–water partition coefficient (Wildman–Crippen LogP) is 1.96. The average Bonchev–Trinajstić information content (AvgIpc) is 2.70. The normalized spacial score (nSPS) is 13.1. The molecule has 0 saturated heterocycles. The molecule has 0 saturated carbocycles. The maximum Gasteiger partial charge on any atom is 0.311 e. The molecule has 2 amide bonds. The summed E-state index contributed by atoms with van der Waals surface area (Å²) in [7, 11) is -3.10. The van der Waals surface area contributed by atoms with Crippen molar-refractivity contribution in [1.29, 1.82) is 0 Å². The monoisotopic (exact) mass is 440 g/mol. The number of ether oxygens (including phenoxy) is 1. The van der Waals surface area contributed by atoms with Crippen LogP contribution in [0, 0.1) is 0 Å². The third-order valence-corrected chi connectivity index (χ3v) is 6.78. The van der Waals surface area contributed by atoms with Gasteiger partial charge in [-0.3, -0.25) is 9.59 Å². The van der Waals surface area contributed by atoms with E-state index in [0.29, 0.717) is 64.4 Å². The molecule has 0 heterocycles. The first-order valence-electron chi connectivity index (χ1n) is 9.95. The van der Waals surface area contributed by atoms with Crippen LogP contribution >= 0.6 is 0 Å². The van der Waals surface area contributed by atoms with Gasteiger partial charge in [-0.2, -0.15) is 0 Å².